The first-order valence-corrected chi connectivity index (χ1v) is 12.0. The van der Waals surface area contributed by atoms with Crippen LogP contribution in [0.25, 0.3) is 11.0 Å². The number of nitrogens with one attached hydrogen (secondary N) is 1. The zero-order chi connectivity index (χ0) is 23.1. The molecule has 3 aromatic rings. The number of esters is 1. The Hall–Kier alpha value is -2.77. The van der Waals surface area contributed by atoms with Gasteiger partial charge in [0.05, 0.1) is 0 Å². The molecule has 3 rings (SSSR count). The van der Waals surface area contributed by atoms with E-state index in [4.69, 9.17) is 20.8 Å². The van der Waals surface area contributed by atoms with E-state index in [1.807, 2.05) is 19.2 Å². The number of benzene rings is 2. The Balaban J connectivity index is 1.78. The largest absolute Gasteiger partial charge is 0.459 e. The summed E-state index contributed by atoms with van der Waals surface area (Å²) in [5, 5.41) is 3.90. The van der Waals surface area contributed by atoms with Crippen LogP contribution in [-0.2, 0) is 22.6 Å². The minimum absolute atomic E-state index is 0.139. The van der Waals surface area contributed by atoms with Gasteiger partial charge in [0.15, 0.2) is 0 Å². The quantitative estimate of drug-likeness (QED) is 0.361. The Labute approximate surface area is 195 Å². The second kappa shape index (κ2) is 11.2. The van der Waals surface area contributed by atoms with Gasteiger partial charge < -0.3 is 14.5 Å². The van der Waals surface area contributed by atoms with Gasteiger partial charge in [-0.1, -0.05) is 36.7 Å². The lowest BCUT2D eigenvalue weighted by Crippen LogP contribution is -2.42. The number of aryl methyl sites for hydroxylation is 1. The molecule has 1 heterocycles. The van der Waals surface area contributed by atoms with Gasteiger partial charge in [-0.2, -0.15) is 11.8 Å². The standard InChI is InChI=1S/C24H24ClNO5S/c1-3-15-11-21-18(13-19(15)25)17(12-22(27)31-21)14-30-24(29)20(9-10-32-2)26-23(28)16-7-5-4-6-8-16/h4-8,11-13,20H,3,9-10,14H2,1-2H3,(H,26,28)/t20-/m1/s1. The monoisotopic (exact) mass is 473 g/mol. The van der Waals surface area contributed by atoms with Crippen molar-refractivity contribution in [1.82, 2.24) is 5.32 Å². The fourth-order valence-corrected chi connectivity index (χ4v) is 4.01. The fourth-order valence-electron chi connectivity index (χ4n) is 3.24. The Bertz CT molecular complexity index is 1160. The molecule has 0 spiro atoms. The van der Waals surface area contributed by atoms with Crippen molar-refractivity contribution >= 4 is 46.2 Å². The fraction of sp³-hybridized carbons (Fsp3) is 0.292. The molecule has 1 N–H and O–H groups in total. The average Bonchev–Trinajstić information content (AvgIpc) is 2.80. The number of carbonyl (C=O) groups is 2. The normalized spacial score (nSPS) is 11.8. The lowest BCUT2D eigenvalue weighted by molar-refractivity contribution is -0.147. The summed E-state index contributed by atoms with van der Waals surface area (Å²) in [5.41, 5.74) is 1.66. The van der Waals surface area contributed by atoms with Crippen LogP contribution in [-0.4, -0.2) is 29.9 Å². The van der Waals surface area contributed by atoms with Crippen LogP contribution in [0.3, 0.4) is 0 Å². The smallest absolute Gasteiger partial charge is 0.336 e. The number of hydrogen-bond acceptors (Lipinski definition) is 6. The molecule has 0 fully saturated rings. The average molecular weight is 474 g/mol. The second-order valence-electron chi connectivity index (χ2n) is 7.17. The van der Waals surface area contributed by atoms with Crippen LogP contribution < -0.4 is 10.9 Å². The molecule has 0 aliphatic carbocycles. The van der Waals surface area contributed by atoms with E-state index in [1.165, 1.54) is 6.07 Å². The van der Waals surface area contributed by atoms with Gasteiger partial charge in [-0.05, 0) is 54.7 Å². The van der Waals surface area contributed by atoms with Gasteiger partial charge in [0, 0.05) is 27.6 Å². The van der Waals surface area contributed by atoms with Crippen molar-refractivity contribution in [2.45, 2.75) is 32.4 Å². The van der Waals surface area contributed by atoms with E-state index in [2.05, 4.69) is 5.32 Å². The molecule has 8 heteroatoms. The lowest BCUT2D eigenvalue weighted by Gasteiger charge is -2.18. The van der Waals surface area contributed by atoms with Crippen molar-refractivity contribution in [2.24, 2.45) is 0 Å². The van der Waals surface area contributed by atoms with Gasteiger partial charge in [0.1, 0.15) is 18.2 Å². The third-order valence-electron chi connectivity index (χ3n) is 4.98. The summed E-state index contributed by atoms with van der Waals surface area (Å²) in [4.78, 5) is 37.3. The molecule has 0 unspecified atom stereocenters. The summed E-state index contributed by atoms with van der Waals surface area (Å²) in [6, 6.07) is 12.6. The predicted octanol–water partition coefficient (Wildman–Crippen LogP) is 4.60. The van der Waals surface area contributed by atoms with Crippen molar-refractivity contribution in [3.05, 3.63) is 80.7 Å². The van der Waals surface area contributed by atoms with E-state index in [0.29, 0.717) is 45.7 Å². The first-order chi connectivity index (χ1) is 15.4. The highest BCUT2D eigenvalue weighted by atomic mass is 35.5. The molecule has 6 nitrogen and oxygen atoms in total. The Morgan fingerprint density at radius 3 is 2.59 bits per heavy atom. The number of carbonyl (C=O) groups excluding carboxylic acids is 2. The van der Waals surface area contributed by atoms with Crippen LogP contribution in [0.5, 0.6) is 0 Å². The van der Waals surface area contributed by atoms with E-state index in [-0.39, 0.29) is 12.5 Å². The minimum Gasteiger partial charge on any atom is -0.459 e. The van der Waals surface area contributed by atoms with Gasteiger partial charge in [-0.15, -0.1) is 0 Å². The van der Waals surface area contributed by atoms with E-state index >= 15 is 0 Å². The van der Waals surface area contributed by atoms with Crippen molar-refractivity contribution in [2.75, 3.05) is 12.0 Å². The molecule has 168 valence electrons. The maximum Gasteiger partial charge on any atom is 0.336 e. The summed E-state index contributed by atoms with van der Waals surface area (Å²) in [6.45, 7) is 1.81. The van der Waals surface area contributed by atoms with Crippen LogP contribution in [0.15, 0.2) is 57.7 Å². The van der Waals surface area contributed by atoms with Crippen LogP contribution in [0, 0.1) is 0 Å². The number of ether oxygens (including phenoxy) is 1. The molecule has 0 saturated carbocycles. The van der Waals surface area contributed by atoms with Crippen LogP contribution in [0.1, 0.15) is 34.8 Å². The van der Waals surface area contributed by atoms with Crippen LogP contribution in [0.4, 0.5) is 0 Å². The highest BCUT2D eigenvalue weighted by molar-refractivity contribution is 7.98. The highest BCUT2D eigenvalue weighted by Gasteiger charge is 2.23. The van der Waals surface area contributed by atoms with E-state index in [9.17, 15) is 14.4 Å². The van der Waals surface area contributed by atoms with E-state index < -0.39 is 17.6 Å². The van der Waals surface area contributed by atoms with Gasteiger partial charge in [-0.25, -0.2) is 9.59 Å². The topological polar surface area (TPSA) is 85.6 Å². The number of amides is 1. The van der Waals surface area contributed by atoms with E-state index in [1.54, 1.807) is 48.2 Å². The first-order valence-electron chi connectivity index (χ1n) is 10.2. The van der Waals surface area contributed by atoms with Crippen molar-refractivity contribution in [3.63, 3.8) is 0 Å². The Morgan fingerprint density at radius 2 is 1.91 bits per heavy atom. The zero-order valence-electron chi connectivity index (χ0n) is 17.9. The molecule has 0 bridgehead atoms. The number of hydrogen-bond donors (Lipinski definition) is 1. The lowest BCUT2D eigenvalue weighted by atomic mass is 10.1. The maximum absolute atomic E-state index is 12.8. The predicted molar refractivity (Wildman–Crippen MR) is 127 cm³/mol. The number of halogens is 1. The summed E-state index contributed by atoms with van der Waals surface area (Å²) in [5.74, 6) is -0.249. The van der Waals surface area contributed by atoms with Gasteiger partial charge in [0.25, 0.3) is 5.91 Å². The molecule has 2 aromatic carbocycles. The zero-order valence-corrected chi connectivity index (χ0v) is 19.4. The number of fused-ring (bicyclic) bond motifs is 1. The third kappa shape index (κ3) is 5.93. The molecule has 32 heavy (non-hydrogen) atoms. The summed E-state index contributed by atoms with van der Waals surface area (Å²) >= 11 is 7.89. The van der Waals surface area contributed by atoms with Gasteiger partial charge in [-0.3, -0.25) is 4.79 Å². The van der Waals surface area contributed by atoms with Gasteiger partial charge in [0.2, 0.25) is 0 Å². The Morgan fingerprint density at radius 1 is 1.16 bits per heavy atom. The molecule has 0 aliphatic heterocycles. The first kappa shape index (κ1) is 23.9. The molecule has 0 saturated heterocycles. The molecule has 1 amide bonds. The van der Waals surface area contributed by atoms with Crippen LogP contribution in [0.2, 0.25) is 5.02 Å². The van der Waals surface area contributed by atoms with Crippen molar-refractivity contribution < 1.29 is 18.7 Å². The molecule has 1 aromatic heterocycles. The van der Waals surface area contributed by atoms with E-state index in [0.717, 1.165) is 5.56 Å². The number of rotatable bonds is 9. The SMILES string of the molecule is CCc1cc2oc(=O)cc(COC(=O)[C@@H](CCSC)NC(=O)c3ccccc3)c2cc1Cl. The molecular weight excluding hydrogens is 450 g/mol. The molecule has 0 radical (unpaired) electrons. The summed E-state index contributed by atoms with van der Waals surface area (Å²) in [6.07, 6.45) is 3.03. The molecule has 1 atom stereocenters. The Kier molecular flexibility index (Phi) is 8.36. The molecule has 0 aliphatic rings. The highest BCUT2D eigenvalue weighted by Crippen LogP contribution is 2.26. The summed E-state index contributed by atoms with van der Waals surface area (Å²) < 4.78 is 10.8. The summed E-state index contributed by atoms with van der Waals surface area (Å²) in [7, 11) is 0. The van der Waals surface area contributed by atoms with Gasteiger partial charge >= 0.3 is 11.6 Å². The minimum atomic E-state index is -0.808. The number of thioether (sulfide) groups is 1. The van der Waals surface area contributed by atoms with Crippen LogP contribution >= 0.6 is 23.4 Å². The van der Waals surface area contributed by atoms with Crippen molar-refractivity contribution in [1.29, 1.82) is 0 Å². The maximum atomic E-state index is 12.8. The molecular formula is C24H24ClNO5S. The van der Waals surface area contributed by atoms with Crippen molar-refractivity contribution in [3.8, 4) is 0 Å². The third-order valence-corrected chi connectivity index (χ3v) is 5.98. The second-order valence-corrected chi connectivity index (χ2v) is 8.56.